The van der Waals surface area contributed by atoms with Gasteiger partial charge in [0.05, 0.1) is 7.11 Å². The summed E-state index contributed by atoms with van der Waals surface area (Å²) in [5.41, 5.74) is 2.87. The van der Waals surface area contributed by atoms with Gasteiger partial charge in [-0.1, -0.05) is 95.4 Å². The van der Waals surface area contributed by atoms with Crippen molar-refractivity contribution in [1.29, 1.82) is 0 Å². The Kier molecular flexibility index (Phi) is 13.9. The molecule has 148 valence electrons. The van der Waals surface area contributed by atoms with E-state index < -0.39 is 0 Å². The van der Waals surface area contributed by atoms with Gasteiger partial charge >= 0.3 is 5.97 Å². The van der Waals surface area contributed by atoms with E-state index in [9.17, 15) is 4.79 Å². The average Bonchev–Trinajstić information content (AvgIpc) is 2.67. The zero-order valence-electron chi connectivity index (χ0n) is 17.2. The Balaban J connectivity index is 2.09. The zero-order chi connectivity index (χ0) is 18.9. The van der Waals surface area contributed by atoms with Crippen LogP contribution in [-0.4, -0.2) is 13.1 Å². The fourth-order valence-electron chi connectivity index (χ4n) is 3.55. The number of aryl methyl sites for hydroxylation is 2. The molecule has 0 aliphatic carbocycles. The largest absolute Gasteiger partial charge is 0.469 e. The van der Waals surface area contributed by atoms with Crippen LogP contribution >= 0.6 is 0 Å². The minimum Gasteiger partial charge on any atom is -0.469 e. The molecule has 0 spiro atoms. The third-order valence-corrected chi connectivity index (χ3v) is 5.22. The van der Waals surface area contributed by atoms with E-state index in [1.54, 1.807) is 0 Å². The summed E-state index contributed by atoms with van der Waals surface area (Å²) in [6.07, 6.45) is 18.8. The molecule has 1 rings (SSSR count). The Morgan fingerprint density at radius 2 is 1.19 bits per heavy atom. The van der Waals surface area contributed by atoms with Gasteiger partial charge in [-0.15, -0.1) is 0 Å². The van der Waals surface area contributed by atoms with Crippen molar-refractivity contribution in [2.75, 3.05) is 7.11 Å². The number of methoxy groups -OCH3 is 1. The quantitative estimate of drug-likeness (QED) is 0.233. The van der Waals surface area contributed by atoms with Gasteiger partial charge in [0.25, 0.3) is 0 Å². The molecule has 0 N–H and O–H groups in total. The maximum absolute atomic E-state index is 11.2. The molecular formula is C24H40O2. The molecular weight excluding hydrogens is 320 g/mol. The van der Waals surface area contributed by atoms with Crippen LogP contribution in [0, 0.1) is 0 Å². The number of carbonyl (C=O) groups excluding carboxylic acids is 1. The van der Waals surface area contributed by atoms with E-state index in [2.05, 4.69) is 31.2 Å². The van der Waals surface area contributed by atoms with E-state index in [1.165, 1.54) is 95.3 Å². The number of esters is 1. The van der Waals surface area contributed by atoms with Gasteiger partial charge in [0, 0.05) is 6.42 Å². The summed E-state index contributed by atoms with van der Waals surface area (Å²) in [6, 6.07) is 8.71. The van der Waals surface area contributed by atoms with Crippen molar-refractivity contribution in [1.82, 2.24) is 0 Å². The second-order valence-corrected chi connectivity index (χ2v) is 7.48. The summed E-state index contributed by atoms with van der Waals surface area (Å²) in [7, 11) is 1.46. The molecule has 2 heteroatoms. The van der Waals surface area contributed by atoms with E-state index >= 15 is 0 Å². The van der Waals surface area contributed by atoms with Gasteiger partial charge in [-0.05, 0) is 36.8 Å². The number of ether oxygens (including phenoxy) is 1. The van der Waals surface area contributed by atoms with E-state index in [-0.39, 0.29) is 5.97 Å². The summed E-state index contributed by atoms with van der Waals surface area (Å²) in [5.74, 6) is -0.104. The van der Waals surface area contributed by atoms with Crippen molar-refractivity contribution in [2.24, 2.45) is 0 Å². The molecule has 0 saturated heterocycles. The number of hydrogen-bond acceptors (Lipinski definition) is 2. The first-order valence-corrected chi connectivity index (χ1v) is 10.9. The Morgan fingerprint density at radius 1 is 0.731 bits per heavy atom. The van der Waals surface area contributed by atoms with Crippen LogP contribution in [0.3, 0.4) is 0 Å². The molecule has 26 heavy (non-hydrogen) atoms. The average molecular weight is 361 g/mol. The fourth-order valence-corrected chi connectivity index (χ4v) is 3.55. The van der Waals surface area contributed by atoms with Gasteiger partial charge in [-0.25, -0.2) is 0 Å². The Hall–Kier alpha value is -1.31. The highest BCUT2D eigenvalue weighted by Gasteiger charge is 2.04. The molecule has 0 amide bonds. The van der Waals surface area contributed by atoms with Crippen molar-refractivity contribution in [3.63, 3.8) is 0 Å². The maximum Gasteiger partial charge on any atom is 0.305 e. The molecule has 1 aromatic rings. The van der Waals surface area contributed by atoms with Crippen LogP contribution < -0.4 is 0 Å². The Morgan fingerprint density at radius 3 is 1.69 bits per heavy atom. The van der Waals surface area contributed by atoms with Crippen LogP contribution in [0.1, 0.15) is 102 Å². The van der Waals surface area contributed by atoms with Gasteiger partial charge < -0.3 is 4.74 Å². The first-order valence-electron chi connectivity index (χ1n) is 10.9. The Labute approximate surface area is 161 Å². The highest BCUT2D eigenvalue weighted by Crippen LogP contribution is 2.17. The van der Waals surface area contributed by atoms with Gasteiger partial charge in [0.15, 0.2) is 0 Å². The topological polar surface area (TPSA) is 26.3 Å². The molecule has 0 saturated carbocycles. The molecule has 0 bridgehead atoms. The smallest absolute Gasteiger partial charge is 0.305 e. The van der Waals surface area contributed by atoms with E-state index in [4.69, 9.17) is 4.74 Å². The van der Waals surface area contributed by atoms with E-state index in [0.717, 1.165) is 12.8 Å². The van der Waals surface area contributed by atoms with Gasteiger partial charge in [0.1, 0.15) is 0 Å². The number of rotatable bonds is 16. The minimum absolute atomic E-state index is 0.104. The lowest BCUT2D eigenvalue weighted by atomic mass is 9.97. The molecule has 1 aromatic carbocycles. The molecule has 0 aliphatic heterocycles. The number of hydrogen-bond donors (Lipinski definition) is 0. The minimum atomic E-state index is -0.104. The van der Waals surface area contributed by atoms with Crippen molar-refractivity contribution in [3.05, 3.63) is 35.4 Å². The lowest BCUT2D eigenvalue weighted by Crippen LogP contribution is -2.02. The van der Waals surface area contributed by atoms with Crippen molar-refractivity contribution < 1.29 is 9.53 Å². The molecule has 0 unspecified atom stereocenters. The van der Waals surface area contributed by atoms with Crippen LogP contribution in [0.5, 0.6) is 0 Å². The third-order valence-electron chi connectivity index (χ3n) is 5.22. The number of unbranched alkanes of at least 4 members (excludes halogenated alkanes) is 10. The summed E-state index contributed by atoms with van der Waals surface area (Å²) in [5, 5.41) is 0. The predicted octanol–water partition coefficient (Wildman–Crippen LogP) is 7.04. The van der Waals surface area contributed by atoms with E-state index in [1.807, 2.05) is 0 Å². The Bertz CT molecular complexity index is 467. The van der Waals surface area contributed by atoms with Gasteiger partial charge in [0.2, 0.25) is 0 Å². The van der Waals surface area contributed by atoms with Crippen LogP contribution in [-0.2, 0) is 22.4 Å². The first kappa shape index (κ1) is 22.7. The molecule has 0 radical (unpaired) electrons. The fraction of sp³-hybridized carbons (Fsp3) is 0.708. The van der Waals surface area contributed by atoms with Crippen LogP contribution in [0.2, 0.25) is 0 Å². The second-order valence-electron chi connectivity index (χ2n) is 7.48. The lowest BCUT2D eigenvalue weighted by Gasteiger charge is -2.09. The molecule has 0 aromatic heterocycles. The number of carbonyl (C=O) groups is 1. The SMILES string of the molecule is CCCCCCCCCCCCCc1ccccc1CCCC(=O)OC. The zero-order valence-corrected chi connectivity index (χ0v) is 17.2. The second kappa shape index (κ2) is 15.9. The van der Waals surface area contributed by atoms with Gasteiger partial charge in [-0.2, -0.15) is 0 Å². The normalized spacial score (nSPS) is 10.8. The van der Waals surface area contributed by atoms with Crippen LogP contribution in [0.4, 0.5) is 0 Å². The molecule has 0 heterocycles. The van der Waals surface area contributed by atoms with Crippen LogP contribution in [0.25, 0.3) is 0 Å². The van der Waals surface area contributed by atoms with Crippen molar-refractivity contribution in [2.45, 2.75) is 103 Å². The highest BCUT2D eigenvalue weighted by atomic mass is 16.5. The first-order chi connectivity index (χ1) is 12.8. The third kappa shape index (κ3) is 11.3. The van der Waals surface area contributed by atoms with Crippen LogP contribution in [0.15, 0.2) is 24.3 Å². The highest BCUT2D eigenvalue weighted by molar-refractivity contribution is 5.69. The number of benzene rings is 1. The summed E-state index contributed by atoms with van der Waals surface area (Å²) in [6.45, 7) is 2.28. The van der Waals surface area contributed by atoms with Gasteiger partial charge in [-0.3, -0.25) is 4.79 Å². The van der Waals surface area contributed by atoms with Crippen molar-refractivity contribution >= 4 is 5.97 Å². The maximum atomic E-state index is 11.2. The standard InChI is InChI=1S/C24H40O2/c1-3-4-5-6-7-8-9-10-11-12-13-17-22-18-14-15-19-23(22)20-16-21-24(25)26-2/h14-15,18-19H,3-13,16-17,20-21H2,1-2H3. The molecule has 0 atom stereocenters. The van der Waals surface area contributed by atoms with Crippen molar-refractivity contribution in [3.8, 4) is 0 Å². The molecule has 0 aliphatic rings. The van der Waals surface area contributed by atoms with E-state index in [0.29, 0.717) is 6.42 Å². The predicted molar refractivity (Wildman–Crippen MR) is 112 cm³/mol. The molecule has 0 fully saturated rings. The summed E-state index contributed by atoms with van der Waals surface area (Å²) in [4.78, 5) is 11.2. The molecule has 2 nitrogen and oxygen atoms in total. The lowest BCUT2D eigenvalue weighted by molar-refractivity contribution is -0.140. The monoisotopic (exact) mass is 360 g/mol. The summed E-state index contributed by atoms with van der Waals surface area (Å²) < 4.78 is 4.72. The summed E-state index contributed by atoms with van der Waals surface area (Å²) >= 11 is 0.